The van der Waals surface area contributed by atoms with Gasteiger partial charge in [-0.05, 0) is 24.6 Å². The van der Waals surface area contributed by atoms with Gasteiger partial charge in [-0.3, -0.25) is 0 Å². The highest BCUT2D eigenvalue weighted by Gasteiger charge is 2.30. The normalized spacial score (nSPS) is 18.0. The van der Waals surface area contributed by atoms with Crippen LogP contribution in [0.15, 0.2) is 60.7 Å². The molecule has 3 rings (SSSR count). The molecular weight excluding hydrogens is 338 g/mol. The first-order chi connectivity index (χ1) is 12.1. The van der Waals surface area contributed by atoms with Crippen molar-refractivity contribution in [1.29, 1.82) is 0 Å². The summed E-state index contributed by atoms with van der Waals surface area (Å²) >= 11 is 5.86. The second-order valence-electron chi connectivity index (χ2n) is 5.88. The van der Waals surface area contributed by atoms with Crippen LogP contribution in [0.4, 0.5) is 4.79 Å². The van der Waals surface area contributed by atoms with Crippen LogP contribution in [0.3, 0.4) is 0 Å². The van der Waals surface area contributed by atoms with Crippen LogP contribution in [-0.4, -0.2) is 35.4 Å². The van der Waals surface area contributed by atoms with E-state index in [0.717, 1.165) is 12.0 Å². The minimum Gasteiger partial charge on any atom is -0.446 e. The van der Waals surface area contributed by atoms with Crippen molar-refractivity contribution in [3.05, 3.63) is 71.2 Å². The lowest BCUT2D eigenvalue weighted by Crippen LogP contribution is -2.43. The Balaban J connectivity index is 0.000000316. The molecule has 1 saturated heterocycles. The zero-order valence-electron chi connectivity index (χ0n) is 14.3. The SMILES string of the molecule is CC(c1ccc(Cl)cc1)N1CCC(CCO)OC1=O.c1ccccc1. The molecule has 134 valence electrons. The van der Waals surface area contributed by atoms with E-state index in [1.807, 2.05) is 67.6 Å². The summed E-state index contributed by atoms with van der Waals surface area (Å²) in [6, 6.07) is 19.4. The van der Waals surface area contributed by atoms with Crippen LogP contribution in [0.2, 0.25) is 5.02 Å². The van der Waals surface area contributed by atoms with E-state index in [0.29, 0.717) is 18.0 Å². The van der Waals surface area contributed by atoms with Crippen LogP contribution in [0, 0.1) is 0 Å². The number of nitrogens with zero attached hydrogens (tertiary/aromatic N) is 1. The fourth-order valence-electron chi connectivity index (χ4n) is 2.65. The number of hydrogen-bond acceptors (Lipinski definition) is 3. The monoisotopic (exact) mass is 361 g/mol. The average molecular weight is 362 g/mol. The Hall–Kier alpha value is -2.04. The van der Waals surface area contributed by atoms with Crippen LogP contribution >= 0.6 is 11.6 Å². The van der Waals surface area contributed by atoms with Crippen LogP contribution < -0.4 is 0 Å². The Labute approximate surface area is 154 Å². The number of aliphatic hydroxyl groups excluding tert-OH is 1. The van der Waals surface area contributed by atoms with Crippen LogP contribution in [0.1, 0.15) is 31.4 Å². The maximum absolute atomic E-state index is 12.0. The number of carbonyl (C=O) groups is 1. The molecule has 1 aliphatic heterocycles. The molecule has 0 saturated carbocycles. The van der Waals surface area contributed by atoms with E-state index < -0.39 is 0 Å². The molecule has 5 heteroatoms. The smallest absolute Gasteiger partial charge is 0.410 e. The van der Waals surface area contributed by atoms with Crippen LogP contribution in [0.25, 0.3) is 0 Å². The van der Waals surface area contributed by atoms with Crippen LogP contribution in [0.5, 0.6) is 0 Å². The van der Waals surface area contributed by atoms with Gasteiger partial charge in [-0.1, -0.05) is 60.1 Å². The van der Waals surface area contributed by atoms with Crippen molar-refractivity contribution in [3.63, 3.8) is 0 Å². The predicted octanol–water partition coefficient (Wildman–Crippen LogP) is 4.68. The van der Waals surface area contributed by atoms with Gasteiger partial charge in [0.15, 0.2) is 0 Å². The zero-order valence-corrected chi connectivity index (χ0v) is 15.1. The van der Waals surface area contributed by atoms with E-state index >= 15 is 0 Å². The van der Waals surface area contributed by atoms with Gasteiger partial charge >= 0.3 is 6.09 Å². The van der Waals surface area contributed by atoms with Crippen LogP contribution in [-0.2, 0) is 4.74 Å². The molecule has 0 aromatic heterocycles. The predicted molar refractivity (Wildman–Crippen MR) is 99.6 cm³/mol. The summed E-state index contributed by atoms with van der Waals surface area (Å²) in [4.78, 5) is 13.7. The van der Waals surface area contributed by atoms with Gasteiger partial charge in [-0.2, -0.15) is 0 Å². The van der Waals surface area contributed by atoms with E-state index in [9.17, 15) is 4.79 Å². The Bertz CT molecular complexity index is 606. The summed E-state index contributed by atoms with van der Waals surface area (Å²) < 4.78 is 5.31. The Kier molecular flexibility index (Phi) is 7.76. The number of aliphatic hydroxyl groups is 1. The minimum absolute atomic E-state index is 0.0418. The lowest BCUT2D eigenvalue weighted by atomic mass is 10.1. The lowest BCUT2D eigenvalue weighted by molar-refractivity contribution is 0.00401. The van der Waals surface area contributed by atoms with Gasteiger partial charge in [-0.25, -0.2) is 4.79 Å². The molecule has 1 fully saturated rings. The standard InChI is InChI=1S/C14H18ClNO3.C6H6/c1-10(11-2-4-12(15)5-3-11)16-8-6-13(7-9-17)19-14(16)18;1-2-4-6-5-3-1/h2-5,10,13,17H,6-9H2,1H3;1-6H. The number of benzene rings is 2. The summed E-state index contributed by atoms with van der Waals surface area (Å²) in [6.45, 7) is 2.66. The van der Waals surface area contributed by atoms with E-state index in [1.54, 1.807) is 4.90 Å². The maximum atomic E-state index is 12.0. The summed E-state index contributed by atoms with van der Waals surface area (Å²) in [5.41, 5.74) is 1.03. The number of halogens is 1. The van der Waals surface area contributed by atoms with E-state index in [-0.39, 0.29) is 24.8 Å². The number of amides is 1. The second kappa shape index (κ2) is 10.1. The molecule has 1 aliphatic rings. The summed E-state index contributed by atoms with van der Waals surface area (Å²) in [5, 5.41) is 9.55. The first kappa shape index (κ1) is 19.3. The highest BCUT2D eigenvalue weighted by molar-refractivity contribution is 6.30. The minimum atomic E-state index is -0.313. The van der Waals surface area contributed by atoms with Crippen molar-refractivity contribution in [2.45, 2.75) is 31.9 Å². The number of ether oxygens (including phenoxy) is 1. The molecular formula is C20H24ClNO3. The average Bonchev–Trinajstić information content (AvgIpc) is 2.64. The highest BCUT2D eigenvalue weighted by Crippen LogP contribution is 2.26. The molecule has 0 aliphatic carbocycles. The molecule has 0 spiro atoms. The molecule has 1 N–H and O–H groups in total. The number of hydrogen-bond donors (Lipinski definition) is 1. The molecule has 2 atom stereocenters. The van der Waals surface area contributed by atoms with Gasteiger partial charge in [0.1, 0.15) is 6.10 Å². The molecule has 1 heterocycles. The van der Waals surface area contributed by atoms with Gasteiger partial charge in [0.05, 0.1) is 6.04 Å². The van der Waals surface area contributed by atoms with E-state index in [1.165, 1.54) is 0 Å². The first-order valence-electron chi connectivity index (χ1n) is 8.45. The van der Waals surface area contributed by atoms with Crippen molar-refractivity contribution in [2.24, 2.45) is 0 Å². The van der Waals surface area contributed by atoms with E-state index in [2.05, 4.69) is 0 Å². The Morgan fingerprint density at radius 1 is 1.16 bits per heavy atom. The Morgan fingerprint density at radius 2 is 1.72 bits per heavy atom. The summed E-state index contributed by atoms with van der Waals surface area (Å²) in [5.74, 6) is 0. The number of cyclic esters (lactones) is 1. The van der Waals surface area contributed by atoms with E-state index in [4.69, 9.17) is 21.4 Å². The maximum Gasteiger partial charge on any atom is 0.410 e. The second-order valence-corrected chi connectivity index (χ2v) is 6.32. The summed E-state index contributed by atoms with van der Waals surface area (Å²) in [6.07, 6.45) is 0.789. The third kappa shape index (κ3) is 6.07. The fourth-order valence-corrected chi connectivity index (χ4v) is 2.77. The molecule has 0 radical (unpaired) electrons. The van der Waals surface area contributed by atoms with Gasteiger partial charge in [0.25, 0.3) is 0 Å². The topological polar surface area (TPSA) is 49.8 Å². The molecule has 4 nitrogen and oxygen atoms in total. The quantitative estimate of drug-likeness (QED) is 0.860. The fraction of sp³-hybridized carbons (Fsp3) is 0.350. The molecule has 25 heavy (non-hydrogen) atoms. The molecule has 1 amide bonds. The van der Waals surface area contributed by atoms with Crippen molar-refractivity contribution in [3.8, 4) is 0 Å². The molecule has 0 bridgehead atoms. The lowest BCUT2D eigenvalue weighted by Gasteiger charge is -2.35. The highest BCUT2D eigenvalue weighted by atomic mass is 35.5. The van der Waals surface area contributed by atoms with Gasteiger partial charge in [0, 0.05) is 31.0 Å². The van der Waals surface area contributed by atoms with Crippen molar-refractivity contribution < 1.29 is 14.6 Å². The van der Waals surface area contributed by atoms with Gasteiger partial charge in [0.2, 0.25) is 0 Å². The molecule has 2 unspecified atom stereocenters. The molecule has 2 aromatic rings. The van der Waals surface area contributed by atoms with Crippen molar-refractivity contribution in [1.82, 2.24) is 4.90 Å². The number of carbonyl (C=O) groups excluding carboxylic acids is 1. The van der Waals surface area contributed by atoms with Crippen molar-refractivity contribution >= 4 is 17.7 Å². The van der Waals surface area contributed by atoms with Crippen molar-refractivity contribution in [2.75, 3.05) is 13.2 Å². The first-order valence-corrected chi connectivity index (χ1v) is 8.83. The number of rotatable bonds is 4. The van der Waals surface area contributed by atoms with Gasteiger partial charge < -0.3 is 14.7 Å². The largest absolute Gasteiger partial charge is 0.446 e. The van der Waals surface area contributed by atoms with Gasteiger partial charge in [-0.15, -0.1) is 0 Å². The zero-order chi connectivity index (χ0) is 18.1. The summed E-state index contributed by atoms with van der Waals surface area (Å²) in [7, 11) is 0. The molecule has 2 aromatic carbocycles. The third-order valence-corrected chi connectivity index (χ3v) is 4.38. The Morgan fingerprint density at radius 3 is 2.20 bits per heavy atom. The third-order valence-electron chi connectivity index (χ3n) is 4.13.